The van der Waals surface area contributed by atoms with Gasteiger partial charge in [-0.1, -0.05) is 18.2 Å². The molecule has 10 heteroatoms. The largest absolute Gasteiger partial charge is 0.480 e. The fourth-order valence-corrected chi connectivity index (χ4v) is 4.77. The smallest absolute Gasteiger partial charge is 0.322 e. The van der Waals surface area contributed by atoms with Gasteiger partial charge < -0.3 is 15.0 Å². The average Bonchev–Trinajstić information content (AvgIpc) is 3.25. The van der Waals surface area contributed by atoms with Gasteiger partial charge in [-0.25, -0.2) is 8.42 Å². The Balaban J connectivity index is 1.46. The van der Waals surface area contributed by atoms with Crippen molar-refractivity contribution in [2.45, 2.75) is 17.4 Å². The summed E-state index contributed by atoms with van der Waals surface area (Å²) in [6, 6.07) is 19.4. The molecule has 0 spiro atoms. The van der Waals surface area contributed by atoms with Crippen LogP contribution in [0.1, 0.15) is 5.56 Å². The molecule has 0 aliphatic rings. The van der Waals surface area contributed by atoms with Crippen molar-refractivity contribution < 1.29 is 18.3 Å². The molecular formula is C25H25N5O4S. The zero-order valence-electron chi connectivity index (χ0n) is 19.2. The Bertz CT molecular complexity index is 1460. The lowest BCUT2D eigenvalue weighted by Crippen LogP contribution is -2.42. The molecule has 1 atom stereocenters. The Morgan fingerprint density at radius 2 is 1.57 bits per heavy atom. The minimum atomic E-state index is -4.08. The number of para-hydroxylation sites is 1. The van der Waals surface area contributed by atoms with Gasteiger partial charge in [0.25, 0.3) is 0 Å². The van der Waals surface area contributed by atoms with E-state index in [9.17, 15) is 18.3 Å². The van der Waals surface area contributed by atoms with Crippen LogP contribution in [0.2, 0.25) is 0 Å². The zero-order valence-corrected chi connectivity index (χ0v) is 20.0. The fraction of sp³-hybridized carbons (Fsp3) is 0.160. The van der Waals surface area contributed by atoms with Gasteiger partial charge >= 0.3 is 5.97 Å². The van der Waals surface area contributed by atoms with Crippen LogP contribution < -0.4 is 9.62 Å². The molecular weight excluding hydrogens is 466 g/mol. The van der Waals surface area contributed by atoms with Crippen molar-refractivity contribution in [3.63, 3.8) is 0 Å². The first-order chi connectivity index (χ1) is 16.7. The summed E-state index contributed by atoms with van der Waals surface area (Å²) in [5.74, 6) is -1.26. The normalized spacial score (nSPS) is 12.7. The molecule has 0 aliphatic heterocycles. The number of H-pyrrole nitrogens is 1. The standard InChI is InChI=1S/C25H25N5O4S/c1-30(2)20-11-7-18(8-12-20)27-28-19-9-13-21(14-10-19)35(33,34)29-24(25(31)32)15-17-16-26-23-6-4-3-5-22(17)23/h3-14,16,24,26,29H,15H2,1-2H3,(H,31,32). The number of anilines is 1. The lowest BCUT2D eigenvalue weighted by atomic mass is 10.1. The molecule has 3 aromatic carbocycles. The number of benzene rings is 3. The van der Waals surface area contributed by atoms with Crippen LogP contribution in [0.3, 0.4) is 0 Å². The predicted molar refractivity (Wildman–Crippen MR) is 135 cm³/mol. The summed E-state index contributed by atoms with van der Waals surface area (Å²) in [5, 5.41) is 18.8. The molecule has 0 saturated carbocycles. The summed E-state index contributed by atoms with van der Waals surface area (Å²) in [5.41, 5.74) is 3.73. The highest BCUT2D eigenvalue weighted by molar-refractivity contribution is 7.89. The number of hydrogen-bond acceptors (Lipinski definition) is 6. The van der Waals surface area contributed by atoms with E-state index in [1.807, 2.05) is 67.5 Å². The van der Waals surface area contributed by atoms with Crippen LogP contribution in [0, 0.1) is 0 Å². The maximum Gasteiger partial charge on any atom is 0.322 e. The van der Waals surface area contributed by atoms with Crippen LogP contribution in [0.5, 0.6) is 0 Å². The van der Waals surface area contributed by atoms with Gasteiger partial charge in [-0.05, 0) is 60.2 Å². The molecule has 9 nitrogen and oxygen atoms in total. The van der Waals surface area contributed by atoms with Crippen molar-refractivity contribution in [2.75, 3.05) is 19.0 Å². The molecule has 1 unspecified atom stereocenters. The van der Waals surface area contributed by atoms with Gasteiger partial charge in [0.15, 0.2) is 0 Å². The zero-order chi connectivity index (χ0) is 25.0. The number of carboxylic acid groups (broad SMARTS) is 1. The van der Waals surface area contributed by atoms with Crippen LogP contribution in [0.4, 0.5) is 17.1 Å². The van der Waals surface area contributed by atoms with E-state index in [4.69, 9.17) is 0 Å². The number of sulfonamides is 1. The van der Waals surface area contributed by atoms with Crippen LogP contribution >= 0.6 is 0 Å². The first-order valence-corrected chi connectivity index (χ1v) is 12.3. The van der Waals surface area contributed by atoms with E-state index in [1.54, 1.807) is 6.20 Å². The summed E-state index contributed by atoms with van der Waals surface area (Å²) >= 11 is 0. The highest BCUT2D eigenvalue weighted by Gasteiger charge is 2.26. The van der Waals surface area contributed by atoms with E-state index in [2.05, 4.69) is 19.9 Å². The molecule has 1 aromatic heterocycles. The van der Waals surface area contributed by atoms with E-state index in [-0.39, 0.29) is 11.3 Å². The van der Waals surface area contributed by atoms with E-state index in [0.717, 1.165) is 16.6 Å². The first-order valence-electron chi connectivity index (χ1n) is 10.8. The summed E-state index contributed by atoms with van der Waals surface area (Å²) in [6.07, 6.45) is 1.69. The number of nitrogens with zero attached hydrogens (tertiary/aromatic N) is 3. The van der Waals surface area contributed by atoms with Gasteiger partial charge in [-0.15, -0.1) is 0 Å². The second-order valence-electron chi connectivity index (χ2n) is 8.18. The average molecular weight is 492 g/mol. The van der Waals surface area contributed by atoms with E-state index in [0.29, 0.717) is 16.9 Å². The van der Waals surface area contributed by atoms with Crippen molar-refractivity contribution in [2.24, 2.45) is 10.2 Å². The first kappa shape index (κ1) is 24.1. The number of carbonyl (C=O) groups is 1. The molecule has 35 heavy (non-hydrogen) atoms. The minimum absolute atomic E-state index is 0.00249. The second kappa shape index (κ2) is 10.1. The molecule has 0 bridgehead atoms. The Kier molecular flexibility index (Phi) is 6.94. The molecule has 0 saturated heterocycles. The monoisotopic (exact) mass is 491 g/mol. The number of aromatic amines is 1. The number of fused-ring (bicyclic) bond motifs is 1. The maximum absolute atomic E-state index is 12.9. The molecule has 0 fully saturated rings. The van der Waals surface area contributed by atoms with Crippen molar-refractivity contribution in [1.82, 2.24) is 9.71 Å². The summed E-state index contributed by atoms with van der Waals surface area (Å²) < 4.78 is 28.1. The topological polar surface area (TPSA) is 127 Å². The lowest BCUT2D eigenvalue weighted by Gasteiger charge is -2.14. The molecule has 3 N–H and O–H groups in total. The van der Waals surface area contributed by atoms with Gasteiger partial charge in [-0.2, -0.15) is 15.0 Å². The van der Waals surface area contributed by atoms with Gasteiger partial charge in [-0.3, -0.25) is 4.79 Å². The van der Waals surface area contributed by atoms with Gasteiger partial charge in [0.1, 0.15) is 6.04 Å². The summed E-state index contributed by atoms with van der Waals surface area (Å²) in [7, 11) is -0.183. The molecule has 4 aromatic rings. The van der Waals surface area contributed by atoms with Crippen molar-refractivity contribution in [3.8, 4) is 0 Å². The number of hydrogen-bond donors (Lipinski definition) is 3. The number of aromatic nitrogens is 1. The molecule has 0 amide bonds. The number of rotatable bonds is 9. The number of nitrogens with one attached hydrogen (secondary N) is 2. The number of azo groups is 1. The quantitative estimate of drug-likeness (QED) is 0.294. The van der Waals surface area contributed by atoms with E-state index < -0.39 is 22.0 Å². The highest BCUT2D eigenvalue weighted by atomic mass is 32.2. The van der Waals surface area contributed by atoms with E-state index in [1.165, 1.54) is 24.3 Å². The summed E-state index contributed by atoms with van der Waals surface area (Å²) in [6.45, 7) is 0. The number of aliphatic carboxylic acids is 1. The molecule has 4 rings (SSSR count). The van der Waals surface area contributed by atoms with Crippen LogP contribution in [-0.4, -0.2) is 44.6 Å². The Hall–Kier alpha value is -4.02. The second-order valence-corrected chi connectivity index (χ2v) is 9.89. The third kappa shape index (κ3) is 5.73. The molecule has 1 heterocycles. The summed E-state index contributed by atoms with van der Waals surface area (Å²) in [4.78, 5) is 16.8. The van der Waals surface area contributed by atoms with Crippen LogP contribution in [-0.2, 0) is 21.2 Å². The molecule has 0 aliphatic carbocycles. The Labute approximate surface area is 203 Å². The highest BCUT2D eigenvalue weighted by Crippen LogP contribution is 2.23. The maximum atomic E-state index is 12.9. The molecule has 0 radical (unpaired) electrons. The van der Waals surface area contributed by atoms with Gasteiger partial charge in [0.05, 0.1) is 16.3 Å². The Morgan fingerprint density at radius 1 is 0.971 bits per heavy atom. The van der Waals surface area contributed by atoms with Crippen molar-refractivity contribution >= 4 is 44.0 Å². The van der Waals surface area contributed by atoms with Crippen LogP contribution in [0.25, 0.3) is 10.9 Å². The SMILES string of the molecule is CN(C)c1ccc(N=Nc2ccc(S(=O)(=O)NC(Cc3c[nH]c4ccccc34)C(=O)O)cc2)cc1. The fourth-order valence-electron chi connectivity index (χ4n) is 3.58. The van der Waals surface area contributed by atoms with E-state index >= 15 is 0 Å². The van der Waals surface area contributed by atoms with Gasteiger partial charge in [0.2, 0.25) is 10.0 Å². The number of carboxylic acids is 1. The van der Waals surface area contributed by atoms with Crippen molar-refractivity contribution in [1.29, 1.82) is 0 Å². The van der Waals surface area contributed by atoms with Gasteiger partial charge in [0, 0.05) is 43.3 Å². The lowest BCUT2D eigenvalue weighted by molar-refractivity contribution is -0.138. The van der Waals surface area contributed by atoms with Crippen molar-refractivity contribution in [3.05, 3.63) is 84.6 Å². The molecule has 180 valence electrons. The predicted octanol–water partition coefficient (Wildman–Crippen LogP) is 4.62. The Morgan fingerprint density at radius 3 is 2.17 bits per heavy atom. The van der Waals surface area contributed by atoms with Crippen LogP contribution in [0.15, 0.2) is 94.1 Å². The minimum Gasteiger partial charge on any atom is -0.480 e. The third-order valence-electron chi connectivity index (χ3n) is 5.49. The third-order valence-corrected chi connectivity index (χ3v) is 6.98.